The molecule has 2 nitrogen and oxygen atoms in total. The van der Waals surface area contributed by atoms with Crippen LogP contribution in [0.1, 0.15) is 95.2 Å². The average molecular weight is 459 g/mol. The average Bonchev–Trinajstić information content (AvgIpc) is 3.09. The van der Waals surface area contributed by atoms with Crippen LogP contribution in [0.25, 0.3) is 0 Å². The van der Waals surface area contributed by atoms with Crippen LogP contribution in [0.2, 0.25) is 0 Å². The lowest BCUT2D eigenvalue weighted by Gasteiger charge is -2.52. The first kappa shape index (κ1) is 25.0. The molecule has 4 aliphatic rings. The quantitative estimate of drug-likeness (QED) is 0.451. The monoisotopic (exact) mass is 458 g/mol. The Kier molecular flexibility index (Phi) is 6.73. The molecule has 0 aromatic heterocycles. The van der Waals surface area contributed by atoms with Gasteiger partial charge in [-0.05, 0) is 124 Å². The second-order valence-corrected chi connectivity index (χ2v) is 12.4. The number of rotatable bonds is 1. The maximum atomic E-state index is 12.1. The molecular weight excluding hydrogens is 416 g/mol. The standard InChI is InChI=1S/C26H32O2.C6H10/c1-15-4-5-17(12-16(15)2)22-14-26(3)23(10-11-24(26)28)21-8-6-18-13-19(27)7-9-20(18)25(21)22;1-5-6(2,3)4/h4-5,12-13,21-24,28H,6-11,14H2,1-3H3;1H,2-4H3. The topological polar surface area (TPSA) is 37.3 Å². The number of fused-ring (bicyclic) bond motifs is 4. The number of carbonyl (C=O) groups is 1. The molecule has 4 aliphatic carbocycles. The van der Waals surface area contributed by atoms with E-state index in [-0.39, 0.29) is 16.9 Å². The second-order valence-electron chi connectivity index (χ2n) is 12.4. The van der Waals surface area contributed by atoms with Crippen molar-refractivity contribution < 1.29 is 9.90 Å². The zero-order chi connectivity index (χ0) is 24.8. The molecule has 0 aliphatic heterocycles. The Morgan fingerprint density at radius 1 is 1.06 bits per heavy atom. The van der Waals surface area contributed by atoms with E-state index < -0.39 is 0 Å². The van der Waals surface area contributed by atoms with Gasteiger partial charge < -0.3 is 5.11 Å². The molecule has 5 unspecified atom stereocenters. The molecule has 34 heavy (non-hydrogen) atoms. The number of aliphatic hydroxyl groups excluding tert-OH is 1. The molecule has 5 rings (SSSR count). The van der Waals surface area contributed by atoms with Crippen LogP contribution in [0, 0.1) is 48.9 Å². The Morgan fingerprint density at radius 2 is 1.76 bits per heavy atom. The van der Waals surface area contributed by atoms with Gasteiger partial charge in [0.25, 0.3) is 0 Å². The molecule has 1 aromatic carbocycles. The maximum Gasteiger partial charge on any atom is 0.156 e. The number of benzene rings is 1. The third-order valence-electron chi connectivity index (χ3n) is 9.05. The minimum absolute atomic E-state index is 0.0177. The molecule has 0 bridgehead atoms. The number of allylic oxidation sites excluding steroid dienone is 4. The summed E-state index contributed by atoms with van der Waals surface area (Å²) in [4.78, 5) is 12.1. The van der Waals surface area contributed by atoms with E-state index in [9.17, 15) is 9.90 Å². The lowest BCUT2D eigenvalue weighted by molar-refractivity contribution is -0.114. The number of aryl methyl sites for hydroxylation is 2. The molecule has 2 saturated carbocycles. The molecule has 1 aromatic rings. The van der Waals surface area contributed by atoms with Gasteiger partial charge in [-0.3, -0.25) is 4.79 Å². The smallest absolute Gasteiger partial charge is 0.156 e. The maximum absolute atomic E-state index is 12.1. The largest absolute Gasteiger partial charge is 0.393 e. The van der Waals surface area contributed by atoms with E-state index in [4.69, 9.17) is 6.42 Å². The summed E-state index contributed by atoms with van der Waals surface area (Å²) in [6.45, 7) is 12.8. The van der Waals surface area contributed by atoms with E-state index in [2.05, 4.69) is 44.9 Å². The van der Waals surface area contributed by atoms with Crippen LogP contribution in [0.3, 0.4) is 0 Å². The van der Waals surface area contributed by atoms with E-state index in [1.807, 2.05) is 26.8 Å². The van der Waals surface area contributed by atoms with Gasteiger partial charge in [0, 0.05) is 17.8 Å². The van der Waals surface area contributed by atoms with Gasteiger partial charge in [-0.2, -0.15) is 0 Å². The van der Waals surface area contributed by atoms with Crippen molar-refractivity contribution in [2.45, 2.75) is 98.5 Å². The molecule has 0 radical (unpaired) electrons. The summed E-state index contributed by atoms with van der Waals surface area (Å²) in [5.41, 5.74) is 8.64. The number of carbonyl (C=O) groups excluding carboxylic acids is 1. The molecule has 0 spiro atoms. The van der Waals surface area contributed by atoms with Crippen LogP contribution in [0.5, 0.6) is 0 Å². The molecule has 5 atom stereocenters. The van der Waals surface area contributed by atoms with E-state index in [1.54, 1.807) is 5.57 Å². The van der Waals surface area contributed by atoms with Crippen molar-refractivity contribution in [3.05, 3.63) is 57.7 Å². The third-order valence-corrected chi connectivity index (χ3v) is 9.05. The lowest BCUT2D eigenvalue weighted by atomic mass is 9.53. The highest BCUT2D eigenvalue weighted by molar-refractivity contribution is 5.93. The van der Waals surface area contributed by atoms with Crippen molar-refractivity contribution in [1.82, 2.24) is 0 Å². The molecule has 0 amide bonds. The van der Waals surface area contributed by atoms with Crippen molar-refractivity contribution in [2.75, 3.05) is 0 Å². The SMILES string of the molecule is C#CC(C)(C)C.Cc1ccc(C2CC3(C)C(O)CCC3C3CCC4=CC(=O)CCC4=C23)cc1C. The van der Waals surface area contributed by atoms with Gasteiger partial charge in [-0.25, -0.2) is 0 Å². The van der Waals surface area contributed by atoms with Crippen LogP contribution >= 0.6 is 0 Å². The number of hydrogen-bond donors (Lipinski definition) is 1. The Morgan fingerprint density at radius 3 is 2.41 bits per heavy atom. The van der Waals surface area contributed by atoms with Crippen molar-refractivity contribution in [2.24, 2.45) is 22.7 Å². The molecule has 2 fully saturated rings. The Bertz CT molecular complexity index is 1070. The number of hydrogen-bond acceptors (Lipinski definition) is 2. The molecule has 0 heterocycles. The summed E-state index contributed by atoms with van der Waals surface area (Å²) >= 11 is 0. The Labute approximate surface area is 206 Å². The summed E-state index contributed by atoms with van der Waals surface area (Å²) in [5.74, 6) is 4.45. The molecule has 182 valence electrons. The third kappa shape index (κ3) is 4.57. The molecule has 1 N–H and O–H groups in total. The zero-order valence-corrected chi connectivity index (χ0v) is 22.0. The first-order valence-electron chi connectivity index (χ1n) is 13.1. The fraction of sp³-hybridized carbons (Fsp3) is 0.594. The van der Waals surface area contributed by atoms with Crippen molar-refractivity contribution >= 4 is 5.78 Å². The molecule has 0 saturated heterocycles. The fourth-order valence-electron chi connectivity index (χ4n) is 6.91. The van der Waals surface area contributed by atoms with Crippen LogP contribution in [-0.2, 0) is 4.79 Å². The van der Waals surface area contributed by atoms with Crippen LogP contribution in [0.15, 0.2) is 41.0 Å². The van der Waals surface area contributed by atoms with Gasteiger partial charge in [-0.15, -0.1) is 12.3 Å². The summed E-state index contributed by atoms with van der Waals surface area (Å²) in [6, 6.07) is 6.95. The predicted molar refractivity (Wildman–Crippen MR) is 140 cm³/mol. The van der Waals surface area contributed by atoms with E-state index in [0.717, 1.165) is 38.5 Å². The first-order chi connectivity index (χ1) is 15.9. The van der Waals surface area contributed by atoms with Crippen LogP contribution in [-0.4, -0.2) is 17.0 Å². The Balaban J connectivity index is 0.000000408. The normalized spacial score (nSPS) is 32.5. The number of ketones is 1. The van der Waals surface area contributed by atoms with Gasteiger partial charge in [0.15, 0.2) is 5.78 Å². The highest BCUT2D eigenvalue weighted by Gasteiger charge is 2.56. The summed E-state index contributed by atoms with van der Waals surface area (Å²) in [6.07, 6.45) is 13.7. The first-order valence-corrected chi connectivity index (χ1v) is 13.1. The van der Waals surface area contributed by atoms with Gasteiger partial charge in [0.2, 0.25) is 0 Å². The van der Waals surface area contributed by atoms with Crippen molar-refractivity contribution in [1.29, 1.82) is 0 Å². The molecular formula is C32H42O2. The fourth-order valence-corrected chi connectivity index (χ4v) is 6.91. The van der Waals surface area contributed by atoms with Crippen molar-refractivity contribution in [3.63, 3.8) is 0 Å². The second kappa shape index (κ2) is 9.16. The van der Waals surface area contributed by atoms with Crippen molar-refractivity contribution in [3.8, 4) is 12.3 Å². The van der Waals surface area contributed by atoms with Gasteiger partial charge >= 0.3 is 0 Å². The number of terminal acetylenes is 1. The summed E-state index contributed by atoms with van der Waals surface area (Å²) in [5, 5.41) is 10.9. The van der Waals surface area contributed by atoms with Crippen LogP contribution in [0.4, 0.5) is 0 Å². The van der Waals surface area contributed by atoms with Crippen LogP contribution < -0.4 is 0 Å². The van der Waals surface area contributed by atoms with E-state index in [1.165, 1.54) is 27.8 Å². The van der Waals surface area contributed by atoms with Gasteiger partial charge in [0.05, 0.1) is 6.10 Å². The van der Waals surface area contributed by atoms with Gasteiger partial charge in [0.1, 0.15) is 0 Å². The summed E-state index contributed by atoms with van der Waals surface area (Å²) in [7, 11) is 0. The number of aliphatic hydroxyl groups is 1. The van der Waals surface area contributed by atoms with E-state index >= 15 is 0 Å². The Hall–Kier alpha value is -2.11. The minimum atomic E-state index is -0.178. The predicted octanol–water partition coefficient (Wildman–Crippen LogP) is 7.23. The summed E-state index contributed by atoms with van der Waals surface area (Å²) < 4.78 is 0. The highest BCUT2D eigenvalue weighted by atomic mass is 16.3. The highest BCUT2D eigenvalue weighted by Crippen LogP contribution is 2.63. The van der Waals surface area contributed by atoms with E-state index in [0.29, 0.717) is 30.0 Å². The van der Waals surface area contributed by atoms with Gasteiger partial charge in [-0.1, -0.05) is 30.7 Å². The zero-order valence-electron chi connectivity index (χ0n) is 22.0. The molecule has 2 heteroatoms. The minimum Gasteiger partial charge on any atom is -0.393 e. The lowest BCUT2D eigenvalue weighted by Crippen LogP contribution is -2.45.